The van der Waals surface area contributed by atoms with Crippen LogP contribution in [0.3, 0.4) is 0 Å². The fourth-order valence-electron chi connectivity index (χ4n) is 4.20. The smallest absolute Gasteiger partial charge is 0.270 e. The molecule has 9 nitrogen and oxygen atoms in total. The quantitative estimate of drug-likeness (QED) is 0.303. The molecule has 0 aliphatic heterocycles. The Balaban J connectivity index is 1.42. The van der Waals surface area contributed by atoms with E-state index in [0.29, 0.717) is 22.5 Å². The number of rotatable bonds is 7. The van der Waals surface area contributed by atoms with Gasteiger partial charge < -0.3 is 10.6 Å². The number of anilines is 2. The van der Waals surface area contributed by atoms with Crippen LogP contribution >= 0.6 is 0 Å². The third kappa shape index (κ3) is 4.92. The number of benzene rings is 2. The molecule has 0 aliphatic carbocycles. The Kier molecular flexibility index (Phi) is 6.42. The number of nitrogens with one attached hydrogen (secondary N) is 3. The van der Waals surface area contributed by atoms with E-state index >= 15 is 0 Å². The Labute approximate surface area is 214 Å². The molecular formula is C28H27N7O2. The molecule has 2 aromatic carbocycles. The van der Waals surface area contributed by atoms with E-state index < -0.39 is 0 Å². The summed E-state index contributed by atoms with van der Waals surface area (Å²) in [7, 11) is 0. The second-order valence-electron chi connectivity index (χ2n) is 8.86. The maximum atomic E-state index is 13.2. The van der Waals surface area contributed by atoms with E-state index in [2.05, 4.69) is 26.1 Å². The van der Waals surface area contributed by atoms with E-state index in [9.17, 15) is 9.59 Å². The van der Waals surface area contributed by atoms with Crippen molar-refractivity contribution in [1.82, 2.24) is 24.6 Å². The SMILES string of the molecule is Cc1ccc(C(=O)Nn2cccc2)cc1Nc1ncnn2cc(C(=O)N[C@@H](C)c3ccccc3)c(C)c12. The first-order valence-electron chi connectivity index (χ1n) is 11.9. The van der Waals surface area contributed by atoms with Crippen molar-refractivity contribution >= 4 is 28.8 Å². The number of nitrogens with zero attached hydrogens (tertiary/aromatic N) is 4. The van der Waals surface area contributed by atoms with Gasteiger partial charge in [-0.3, -0.25) is 19.7 Å². The standard InChI is InChI=1S/C28H27N7O2/c1-18-11-12-22(27(36)33-34-13-7-8-14-34)15-24(18)32-26-25-19(2)23(16-35(25)30-17-29-26)28(37)31-20(3)21-9-5-4-6-10-21/h4-17,20H,1-3H3,(H,31,37)(H,33,36)(H,29,30,32)/t20-/m0/s1. The van der Waals surface area contributed by atoms with Crippen molar-refractivity contribution < 1.29 is 9.59 Å². The van der Waals surface area contributed by atoms with E-state index in [-0.39, 0.29) is 17.9 Å². The molecule has 0 fully saturated rings. The van der Waals surface area contributed by atoms with Gasteiger partial charge in [0.15, 0.2) is 5.82 Å². The molecule has 0 saturated heterocycles. The highest BCUT2D eigenvalue weighted by Crippen LogP contribution is 2.28. The number of aromatic nitrogens is 4. The van der Waals surface area contributed by atoms with Crippen LogP contribution in [0.15, 0.2) is 85.6 Å². The molecule has 9 heteroatoms. The Morgan fingerprint density at radius 2 is 1.70 bits per heavy atom. The Bertz CT molecular complexity index is 1570. The summed E-state index contributed by atoms with van der Waals surface area (Å²) >= 11 is 0. The van der Waals surface area contributed by atoms with E-state index in [1.165, 1.54) is 6.33 Å². The van der Waals surface area contributed by atoms with Gasteiger partial charge in [-0.1, -0.05) is 36.4 Å². The lowest BCUT2D eigenvalue weighted by Crippen LogP contribution is -2.26. The van der Waals surface area contributed by atoms with Crippen LogP contribution in [0.2, 0.25) is 0 Å². The van der Waals surface area contributed by atoms with Crippen LogP contribution < -0.4 is 16.1 Å². The molecule has 3 heterocycles. The lowest BCUT2D eigenvalue weighted by Gasteiger charge is -2.14. The fraction of sp³-hybridized carbons (Fsp3) is 0.143. The molecule has 0 aliphatic rings. The van der Waals surface area contributed by atoms with Gasteiger partial charge in [0.05, 0.1) is 11.6 Å². The van der Waals surface area contributed by atoms with Gasteiger partial charge in [-0.05, 0) is 61.7 Å². The lowest BCUT2D eigenvalue weighted by molar-refractivity contribution is 0.0938. The number of hydrogen-bond donors (Lipinski definition) is 3. The molecule has 3 aromatic heterocycles. The van der Waals surface area contributed by atoms with Crippen molar-refractivity contribution in [2.45, 2.75) is 26.8 Å². The van der Waals surface area contributed by atoms with Gasteiger partial charge in [0, 0.05) is 29.8 Å². The zero-order chi connectivity index (χ0) is 25.9. The molecule has 5 rings (SSSR count). The summed E-state index contributed by atoms with van der Waals surface area (Å²) in [5.74, 6) is 0.108. The highest BCUT2D eigenvalue weighted by molar-refractivity contribution is 6.01. The molecule has 0 unspecified atom stereocenters. The summed E-state index contributed by atoms with van der Waals surface area (Å²) in [6.45, 7) is 5.77. The average Bonchev–Trinajstić information content (AvgIpc) is 3.54. The highest BCUT2D eigenvalue weighted by atomic mass is 16.2. The van der Waals surface area contributed by atoms with E-state index in [1.54, 1.807) is 39.9 Å². The van der Waals surface area contributed by atoms with Crippen molar-refractivity contribution in [1.29, 1.82) is 0 Å². The fourth-order valence-corrected chi connectivity index (χ4v) is 4.20. The van der Waals surface area contributed by atoms with Crippen LogP contribution in [-0.2, 0) is 0 Å². The van der Waals surface area contributed by atoms with Gasteiger partial charge in [-0.25, -0.2) is 9.50 Å². The number of carbonyl (C=O) groups excluding carboxylic acids is 2. The minimum atomic E-state index is -0.238. The summed E-state index contributed by atoms with van der Waals surface area (Å²) < 4.78 is 3.24. The summed E-state index contributed by atoms with van der Waals surface area (Å²) in [4.78, 5) is 30.3. The second-order valence-corrected chi connectivity index (χ2v) is 8.86. The summed E-state index contributed by atoms with van der Waals surface area (Å²) in [5, 5.41) is 10.7. The third-order valence-electron chi connectivity index (χ3n) is 6.31. The molecule has 0 bridgehead atoms. The van der Waals surface area contributed by atoms with Crippen LogP contribution in [0.1, 0.15) is 50.4 Å². The Morgan fingerprint density at radius 3 is 2.46 bits per heavy atom. The topological polar surface area (TPSA) is 105 Å². The van der Waals surface area contributed by atoms with Crippen LogP contribution in [0.25, 0.3) is 5.52 Å². The van der Waals surface area contributed by atoms with Gasteiger partial charge >= 0.3 is 0 Å². The van der Waals surface area contributed by atoms with Gasteiger partial charge in [-0.15, -0.1) is 0 Å². The maximum Gasteiger partial charge on any atom is 0.270 e. The van der Waals surface area contributed by atoms with E-state index in [0.717, 1.165) is 22.4 Å². The Morgan fingerprint density at radius 1 is 0.946 bits per heavy atom. The summed E-state index contributed by atoms with van der Waals surface area (Å²) in [5.41, 5.74) is 7.94. The van der Waals surface area contributed by atoms with Gasteiger partial charge in [0.25, 0.3) is 11.8 Å². The minimum Gasteiger partial charge on any atom is -0.345 e. The third-order valence-corrected chi connectivity index (χ3v) is 6.31. The van der Waals surface area contributed by atoms with Gasteiger partial charge in [0.1, 0.15) is 11.8 Å². The van der Waals surface area contributed by atoms with Crippen LogP contribution in [0.4, 0.5) is 11.5 Å². The maximum absolute atomic E-state index is 13.2. The minimum absolute atomic E-state index is 0.150. The zero-order valence-corrected chi connectivity index (χ0v) is 20.8. The molecule has 186 valence electrons. The zero-order valence-electron chi connectivity index (χ0n) is 20.8. The van der Waals surface area contributed by atoms with Gasteiger partial charge in [0.2, 0.25) is 0 Å². The van der Waals surface area contributed by atoms with Gasteiger partial charge in [-0.2, -0.15) is 5.10 Å². The van der Waals surface area contributed by atoms with E-state index in [1.807, 2.05) is 69.3 Å². The predicted molar refractivity (Wildman–Crippen MR) is 143 cm³/mol. The molecule has 0 radical (unpaired) electrons. The monoisotopic (exact) mass is 493 g/mol. The number of hydrogen-bond acceptors (Lipinski definition) is 5. The first kappa shape index (κ1) is 23.8. The molecule has 0 spiro atoms. The molecular weight excluding hydrogens is 466 g/mol. The van der Waals surface area contributed by atoms with Crippen LogP contribution in [0.5, 0.6) is 0 Å². The molecule has 5 aromatic rings. The van der Waals surface area contributed by atoms with Crippen molar-refractivity contribution in [2.24, 2.45) is 0 Å². The summed E-state index contributed by atoms with van der Waals surface area (Å²) in [6.07, 6.45) is 6.65. The highest BCUT2D eigenvalue weighted by Gasteiger charge is 2.20. The molecule has 2 amide bonds. The van der Waals surface area contributed by atoms with Crippen molar-refractivity contribution in [3.63, 3.8) is 0 Å². The molecule has 37 heavy (non-hydrogen) atoms. The van der Waals surface area contributed by atoms with E-state index in [4.69, 9.17) is 0 Å². The number of fused-ring (bicyclic) bond motifs is 1. The number of amides is 2. The largest absolute Gasteiger partial charge is 0.345 e. The van der Waals surface area contributed by atoms with Crippen LogP contribution in [0, 0.1) is 13.8 Å². The normalized spacial score (nSPS) is 11.8. The van der Waals surface area contributed by atoms with Crippen LogP contribution in [-0.4, -0.2) is 31.1 Å². The molecule has 3 N–H and O–H groups in total. The second kappa shape index (κ2) is 9.98. The first-order valence-corrected chi connectivity index (χ1v) is 11.9. The molecule has 1 atom stereocenters. The molecule has 0 saturated carbocycles. The van der Waals surface area contributed by atoms with Crippen molar-refractivity contribution in [3.05, 3.63) is 113 Å². The average molecular weight is 494 g/mol. The number of aryl methyl sites for hydroxylation is 2. The van der Waals surface area contributed by atoms with Crippen molar-refractivity contribution in [3.8, 4) is 0 Å². The predicted octanol–water partition coefficient (Wildman–Crippen LogP) is 4.77. The van der Waals surface area contributed by atoms with Crippen molar-refractivity contribution in [2.75, 3.05) is 10.7 Å². The lowest BCUT2D eigenvalue weighted by atomic mass is 10.1. The Hall–Kier alpha value is -4.92. The first-order chi connectivity index (χ1) is 17.9. The number of carbonyl (C=O) groups is 2. The summed E-state index contributed by atoms with van der Waals surface area (Å²) in [6, 6.07) is 18.8.